The SMILES string of the molecule is CCCCn1c(SC(C)c2nc(N)nc(N(C)C)n2)nnc1-c1ccc(OC)cc1. The first-order chi connectivity index (χ1) is 14.4. The van der Waals surface area contributed by atoms with E-state index in [0.29, 0.717) is 11.8 Å². The summed E-state index contributed by atoms with van der Waals surface area (Å²) in [5.41, 5.74) is 6.88. The normalized spacial score (nSPS) is 12.0. The quantitative estimate of drug-likeness (QED) is 0.513. The summed E-state index contributed by atoms with van der Waals surface area (Å²) in [7, 11) is 5.41. The van der Waals surface area contributed by atoms with Crippen molar-refractivity contribution in [2.45, 2.75) is 43.6 Å². The lowest BCUT2D eigenvalue weighted by atomic mass is 10.2. The van der Waals surface area contributed by atoms with Gasteiger partial charge in [-0.3, -0.25) is 0 Å². The molecule has 2 aromatic heterocycles. The van der Waals surface area contributed by atoms with Gasteiger partial charge in [0.2, 0.25) is 11.9 Å². The Balaban J connectivity index is 1.90. The van der Waals surface area contributed by atoms with E-state index < -0.39 is 0 Å². The summed E-state index contributed by atoms with van der Waals surface area (Å²) in [5.74, 6) is 3.02. The predicted molar refractivity (Wildman–Crippen MR) is 120 cm³/mol. The Morgan fingerprint density at radius 3 is 2.50 bits per heavy atom. The van der Waals surface area contributed by atoms with Crippen molar-refractivity contribution >= 4 is 23.7 Å². The Hall–Kier alpha value is -2.88. The van der Waals surface area contributed by atoms with E-state index in [0.717, 1.165) is 41.7 Å². The molecule has 1 aromatic carbocycles. The van der Waals surface area contributed by atoms with Gasteiger partial charge in [0.1, 0.15) is 11.6 Å². The molecule has 30 heavy (non-hydrogen) atoms. The number of ether oxygens (including phenoxy) is 1. The van der Waals surface area contributed by atoms with Crippen molar-refractivity contribution in [3.63, 3.8) is 0 Å². The number of rotatable bonds is 9. The minimum Gasteiger partial charge on any atom is -0.497 e. The topological polar surface area (TPSA) is 108 Å². The van der Waals surface area contributed by atoms with Crippen molar-refractivity contribution in [1.82, 2.24) is 29.7 Å². The summed E-state index contributed by atoms with van der Waals surface area (Å²) >= 11 is 1.56. The van der Waals surface area contributed by atoms with Gasteiger partial charge < -0.3 is 19.9 Å². The van der Waals surface area contributed by atoms with Gasteiger partial charge in [0.05, 0.1) is 12.4 Å². The molecule has 0 aliphatic carbocycles. The molecule has 0 bridgehead atoms. The smallest absolute Gasteiger partial charge is 0.229 e. The number of anilines is 2. The Morgan fingerprint density at radius 1 is 1.13 bits per heavy atom. The number of nitrogens with two attached hydrogens (primary N) is 1. The van der Waals surface area contributed by atoms with E-state index in [1.54, 1.807) is 18.9 Å². The molecule has 0 aliphatic rings. The van der Waals surface area contributed by atoms with Crippen LogP contribution in [0.2, 0.25) is 0 Å². The molecule has 3 aromatic rings. The fourth-order valence-corrected chi connectivity index (χ4v) is 3.76. The van der Waals surface area contributed by atoms with Crippen LogP contribution in [0.15, 0.2) is 29.4 Å². The van der Waals surface area contributed by atoms with E-state index in [2.05, 4.69) is 36.6 Å². The predicted octanol–water partition coefficient (Wildman–Crippen LogP) is 3.44. The average Bonchev–Trinajstić information content (AvgIpc) is 3.13. The number of hydrogen-bond donors (Lipinski definition) is 1. The Kier molecular flexibility index (Phi) is 7.09. The molecule has 0 saturated heterocycles. The van der Waals surface area contributed by atoms with Crippen LogP contribution < -0.4 is 15.4 Å². The second-order valence-electron chi connectivity index (χ2n) is 7.05. The standard InChI is InChI=1S/C20H28N8OS/c1-6-7-12-28-17(14-8-10-15(29-5)11-9-14)25-26-20(28)30-13(2)16-22-18(21)24-19(23-16)27(3)4/h8-11,13H,6-7,12H2,1-5H3,(H2,21,22,23,24). The van der Waals surface area contributed by atoms with E-state index in [1.165, 1.54) is 0 Å². The van der Waals surface area contributed by atoms with E-state index in [-0.39, 0.29) is 11.2 Å². The maximum Gasteiger partial charge on any atom is 0.229 e. The van der Waals surface area contributed by atoms with Crippen LogP contribution in [0, 0.1) is 0 Å². The second-order valence-corrected chi connectivity index (χ2v) is 8.35. The van der Waals surface area contributed by atoms with Crippen molar-refractivity contribution in [3.05, 3.63) is 30.1 Å². The van der Waals surface area contributed by atoms with Crippen LogP contribution in [0.25, 0.3) is 11.4 Å². The highest BCUT2D eigenvalue weighted by atomic mass is 32.2. The number of aromatic nitrogens is 6. The fraction of sp³-hybridized carbons (Fsp3) is 0.450. The van der Waals surface area contributed by atoms with Crippen LogP contribution >= 0.6 is 11.8 Å². The van der Waals surface area contributed by atoms with Crippen molar-refractivity contribution in [2.24, 2.45) is 0 Å². The van der Waals surface area contributed by atoms with Crippen molar-refractivity contribution in [1.29, 1.82) is 0 Å². The van der Waals surface area contributed by atoms with Gasteiger partial charge in [0.25, 0.3) is 0 Å². The molecule has 1 atom stereocenters. The monoisotopic (exact) mass is 428 g/mol. The minimum atomic E-state index is -0.0673. The number of hydrogen-bond acceptors (Lipinski definition) is 9. The first-order valence-electron chi connectivity index (χ1n) is 9.86. The van der Waals surface area contributed by atoms with E-state index >= 15 is 0 Å². The van der Waals surface area contributed by atoms with Crippen molar-refractivity contribution in [2.75, 3.05) is 31.8 Å². The van der Waals surface area contributed by atoms with Gasteiger partial charge >= 0.3 is 0 Å². The molecular formula is C20H28N8OS. The third-order valence-electron chi connectivity index (χ3n) is 4.50. The summed E-state index contributed by atoms with van der Waals surface area (Å²) < 4.78 is 7.42. The van der Waals surface area contributed by atoms with Gasteiger partial charge in [-0.2, -0.15) is 15.0 Å². The van der Waals surface area contributed by atoms with Crippen LogP contribution in [-0.2, 0) is 6.54 Å². The Bertz CT molecular complexity index is 973. The number of thioether (sulfide) groups is 1. The van der Waals surface area contributed by atoms with E-state index in [1.807, 2.05) is 50.2 Å². The molecule has 0 radical (unpaired) electrons. The molecule has 3 rings (SSSR count). The molecule has 0 spiro atoms. The average molecular weight is 429 g/mol. The second kappa shape index (κ2) is 9.75. The van der Waals surface area contributed by atoms with Crippen LogP contribution in [0.5, 0.6) is 5.75 Å². The van der Waals surface area contributed by atoms with Gasteiger partial charge in [-0.25, -0.2) is 0 Å². The molecule has 10 heteroatoms. The number of methoxy groups -OCH3 is 1. The molecule has 2 N–H and O–H groups in total. The molecule has 1 unspecified atom stereocenters. The third kappa shape index (κ3) is 4.99. The van der Waals surface area contributed by atoms with E-state index in [4.69, 9.17) is 10.5 Å². The van der Waals surface area contributed by atoms with Gasteiger partial charge in [0, 0.05) is 26.2 Å². The lowest BCUT2D eigenvalue weighted by molar-refractivity contribution is 0.415. The van der Waals surface area contributed by atoms with Crippen LogP contribution in [0.1, 0.15) is 37.8 Å². The van der Waals surface area contributed by atoms with Gasteiger partial charge in [-0.1, -0.05) is 25.1 Å². The first-order valence-corrected chi connectivity index (χ1v) is 10.7. The van der Waals surface area contributed by atoms with Crippen LogP contribution in [0.3, 0.4) is 0 Å². The number of unbranched alkanes of at least 4 members (excludes halogenated alkanes) is 1. The maximum atomic E-state index is 5.89. The van der Waals surface area contributed by atoms with Crippen molar-refractivity contribution < 1.29 is 4.74 Å². The fourth-order valence-electron chi connectivity index (χ4n) is 2.84. The van der Waals surface area contributed by atoms with Gasteiger partial charge in [-0.05, 0) is 37.6 Å². The Morgan fingerprint density at radius 2 is 1.87 bits per heavy atom. The zero-order valence-corrected chi connectivity index (χ0v) is 18.8. The van der Waals surface area contributed by atoms with E-state index in [9.17, 15) is 0 Å². The van der Waals surface area contributed by atoms with Gasteiger partial charge in [0.15, 0.2) is 11.0 Å². The molecule has 0 saturated carbocycles. The molecule has 0 amide bonds. The summed E-state index contributed by atoms with van der Waals surface area (Å²) in [4.78, 5) is 14.8. The summed E-state index contributed by atoms with van der Waals surface area (Å²) in [5, 5.41) is 9.69. The molecular weight excluding hydrogens is 400 g/mol. The maximum absolute atomic E-state index is 5.89. The highest BCUT2D eigenvalue weighted by molar-refractivity contribution is 7.99. The highest BCUT2D eigenvalue weighted by Gasteiger charge is 2.20. The van der Waals surface area contributed by atoms with Gasteiger partial charge in [-0.15, -0.1) is 10.2 Å². The summed E-state index contributed by atoms with van der Waals surface area (Å²) in [6, 6.07) is 7.86. The number of nitrogen functional groups attached to an aromatic ring is 1. The summed E-state index contributed by atoms with van der Waals surface area (Å²) in [6.45, 7) is 5.04. The molecule has 9 nitrogen and oxygen atoms in total. The lowest BCUT2D eigenvalue weighted by Crippen LogP contribution is -2.16. The highest BCUT2D eigenvalue weighted by Crippen LogP contribution is 2.35. The third-order valence-corrected chi connectivity index (χ3v) is 5.58. The molecule has 2 heterocycles. The molecule has 0 aliphatic heterocycles. The lowest BCUT2D eigenvalue weighted by Gasteiger charge is -2.15. The minimum absolute atomic E-state index is 0.0673. The van der Waals surface area contributed by atoms with Crippen LogP contribution in [0.4, 0.5) is 11.9 Å². The first kappa shape index (κ1) is 21.8. The molecule has 0 fully saturated rings. The zero-order chi connectivity index (χ0) is 21.7. The Labute approximate surface area is 181 Å². The summed E-state index contributed by atoms with van der Waals surface area (Å²) in [6.07, 6.45) is 2.11. The number of nitrogens with zero attached hydrogens (tertiary/aromatic N) is 7. The largest absolute Gasteiger partial charge is 0.497 e. The zero-order valence-electron chi connectivity index (χ0n) is 18.0. The molecule has 160 valence electrons. The number of benzene rings is 1. The van der Waals surface area contributed by atoms with Crippen molar-refractivity contribution in [3.8, 4) is 17.1 Å². The van der Waals surface area contributed by atoms with Crippen LogP contribution in [-0.4, -0.2) is 50.9 Å².